The molecule has 4 nitrogen and oxygen atoms in total. The van der Waals surface area contributed by atoms with E-state index in [0.717, 1.165) is 28.1 Å². The Morgan fingerprint density at radius 3 is 1.85 bits per heavy atom. The van der Waals surface area contributed by atoms with Crippen LogP contribution in [0.2, 0.25) is 0 Å². The van der Waals surface area contributed by atoms with Gasteiger partial charge in [0.15, 0.2) is 0 Å². The van der Waals surface area contributed by atoms with Crippen molar-refractivity contribution in [3.8, 4) is 0 Å². The number of hydrogen-bond acceptors (Lipinski definition) is 3. The number of aryl methyl sites for hydroxylation is 3. The highest BCUT2D eigenvalue weighted by molar-refractivity contribution is 6.10. The quantitative estimate of drug-likeness (QED) is 0.653. The molecule has 138 valence electrons. The highest BCUT2D eigenvalue weighted by Crippen LogP contribution is 2.15. The van der Waals surface area contributed by atoms with Gasteiger partial charge in [0.1, 0.15) is 0 Å². The van der Waals surface area contributed by atoms with Crippen molar-refractivity contribution in [1.29, 1.82) is 0 Å². The fraction of sp³-hybridized carbons (Fsp3) is 0.364. The molecule has 1 N–H and O–H groups in total. The Morgan fingerprint density at radius 1 is 0.885 bits per heavy atom. The van der Waals surface area contributed by atoms with E-state index in [-0.39, 0.29) is 11.8 Å². The SMILES string of the molecule is CCc1ccc(C(=O)N(NC(C)(C)C)C(=O)c2cc(C)cc(C)c2)cc1. The zero-order valence-corrected chi connectivity index (χ0v) is 16.5. The summed E-state index contributed by atoms with van der Waals surface area (Å²) in [5, 5.41) is 1.13. The molecule has 4 heteroatoms. The lowest BCUT2D eigenvalue weighted by Crippen LogP contribution is -2.54. The van der Waals surface area contributed by atoms with E-state index in [9.17, 15) is 9.59 Å². The monoisotopic (exact) mass is 352 g/mol. The normalized spacial score (nSPS) is 11.3. The molecule has 26 heavy (non-hydrogen) atoms. The Hall–Kier alpha value is -2.46. The molecule has 0 aromatic heterocycles. The van der Waals surface area contributed by atoms with Gasteiger partial charge in [0, 0.05) is 16.7 Å². The molecule has 2 rings (SSSR count). The van der Waals surface area contributed by atoms with E-state index in [2.05, 4.69) is 12.3 Å². The van der Waals surface area contributed by atoms with Gasteiger partial charge in [-0.05, 0) is 70.9 Å². The van der Waals surface area contributed by atoms with Crippen LogP contribution in [0.1, 0.15) is 65.1 Å². The molecule has 0 aliphatic rings. The summed E-state index contributed by atoms with van der Waals surface area (Å²) < 4.78 is 0. The molecule has 0 saturated carbocycles. The number of nitrogens with zero attached hydrogens (tertiary/aromatic N) is 1. The van der Waals surface area contributed by atoms with Gasteiger partial charge in [-0.15, -0.1) is 0 Å². The smallest absolute Gasteiger partial charge is 0.267 e. The summed E-state index contributed by atoms with van der Waals surface area (Å²) in [4.78, 5) is 26.2. The molecule has 0 bridgehead atoms. The van der Waals surface area contributed by atoms with Crippen molar-refractivity contribution >= 4 is 11.8 Å². The molecule has 0 unspecified atom stereocenters. The van der Waals surface area contributed by atoms with Gasteiger partial charge in [-0.25, -0.2) is 10.4 Å². The summed E-state index contributed by atoms with van der Waals surface area (Å²) >= 11 is 0. The minimum atomic E-state index is -0.437. The van der Waals surface area contributed by atoms with Crippen LogP contribution in [0, 0.1) is 13.8 Å². The summed E-state index contributed by atoms with van der Waals surface area (Å²) in [6.45, 7) is 11.7. The van der Waals surface area contributed by atoms with Gasteiger partial charge in [-0.1, -0.05) is 36.2 Å². The Balaban J connectivity index is 2.41. The Morgan fingerprint density at radius 2 is 1.38 bits per heavy atom. The van der Waals surface area contributed by atoms with Gasteiger partial charge in [0.2, 0.25) is 0 Å². The first kappa shape index (κ1) is 19.9. The minimum absolute atomic E-state index is 0.351. The Kier molecular flexibility index (Phi) is 5.98. The van der Waals surface area contributed by atoms with E-state index in [1.165, 1.54) is 0 Å². The van der Waals surface area contributed by atoms with Crippen LogP contribution < -0.4 is 5.43 Å². The number of hydrogen-bond donors (Lipinski definition) is 1. The third-order valence-electron chi connectivity index (χ3n) is 3.93. The molecule has 2 aromatic rings. The lowest BCUT2D eigenvalue weighted by molar-refractivity contribution is 0.0452. The second-order valence-corrected chi connectivity index (χ2v) is 7.73. The lowest BCUT2D eigenvalue weighted by Gasteiger charge is -2.30. The van der Waals surface area contributed by atoms with Gasteiger partial charge >= 0.3 is 0 Å². The number of imide groups is 1. The lowest BCUT2D eigenvalue weighted by atomic mass is 10.1. The van der Waals surface area contributed by atoms with E-state index in [1.54, 1.807) is 24.3 Å². The van der Waals surface area contributed by atoms with E-state index >= 15 is 0 Å². The summed E-state index contributed by atoms with van der Waals surface area (Å²) in [5.74, 6) is -0.706. The maximum atomic E-state index is 13.1. The van der Waals surface area contributed by atoms with Gasteiger partial charge in [0.25, 0.3) is 11.8 Å². The minimum Gasteiger partial charge on any atom is -0.267 e. The second-order valence-electron chi connectivity index (χ2n) is 7.73. The van der Waals surface area contributed by atoms with Gasteiger partial charge < -0.3 is 0 Å². The van der Waals surface area contributed by atoms with Crippen LogP contribution in [-0.2, 0) is 6.42 Å². The van der Waals surface area contributed by atoms with Gasteiger partial charge in [0.05, 0.1) is 0 Å². The largest absolute Gasteiger partial charge is 0.275 e. The fourth-order valence-electron chi connectivity index (χ4n) is 2.77. The van der Waals surface area contributed by atoms with E-state index in [4.69, 9.17) is 0 Å². The van der Waals surface area contributed by atoms with Crippen molar-refractivity contribution in [2.45, 2.75) is 53.5 Å². The number of benzene rings is 2. The van der Waals surface area contributed by atoms with Gasteiger partial charge in [-0.2, -0.15) is 0 Å². The zero-order chi connectivity index (χ0) is 19.5. The third-order valence-corrected chi connectivity index (χ3v) is 3.93. The molecule has 0 saturated heterocycles. The summed E-state index contributed by atoms with van der Waals surface area (Å²) in [6, 6.07) is 13.0. The number of rotatable bonds is 4. The van der Waals surface area contributed by atoms with E-state index < -0.39 is 5.54 Å². The fourth-order valence-corrected chi connectivity index (χ4v) is 2.77. The molecular formula is C22H28N2O2. The molecule has 0 atom stereocenters. The summed E-state index contributed by atoms with van der Waals surface area (Å²) in [5.41, 5.74) is 6.73. The average molecular weight is 352 g/mol. The molecule has 0 radical (unpaired) electrons. The predicted molar refractivity (Wildman–Crippen MR) is 105 cm³/mol. The molecule has 0 fully saturated rings. The number of carbonyl (C=O) groups excluding carboxylic acids is 2. The number of nitrogens with one attached hydrogen (secondary N) is 1. The molecule has 0 aliphatic carbocycles. The first-order valence-electron chi connectivity index (χ1n) is 8.94. The molecule has 2 aromatic carbocycles. The van der Waals surface area contributed by atoms with Crippen LogP contribution in [-0.4, -0.2) is 22.4 Å². The van der Waals surface area contributed by atoms with Crippen LogP contribution in [0.25, 0.3) is 0 Å². The topological polar surface area (TPSA) is 49.4 Å². The maximum Gasteiger partial charge on any atom is 0.275 e. The molecule has 0 aliphatic heterocycles. The molecule has 0 heterocycles. The molecular weight excluding hydrogens is 324 g/mol. The second kappa shape index (κ2) is 7.83. The number of carbonyl (C=O) groups is 2. The van der Waals surface area contributed by atoms with Crippen LogP contribution in [0.3, 0.4) is 0 Å². The van der Waals surface area contributed by atoms with Gasteiger partial charge in [-0.3, -0.25) is 9.59 Å². The molecule has 2 amide bonds. The highest BCUT2D eigenvalue weighted by Gasteiger charge is 2.28. The summed E-state index contributed by atoms with van der Waals surface area (Å²) in [6.07, 6.45) is 0.903. The Bertz CT molecular complexity index is 782. The first-order valence-corrected chi connectivity index (χ1v) is 8.94. The van der Waals surface area contributed by atoms with Crippen LogP contribution in [0.4, 0.5) is 0 Å². The molecule has 0 spiro atoms. The Labute approximate surface area is 156 Å². The van der Waals surface area contributed by atoms with Crippen molar-refractivity contribution < 1.29 is 9.59 Å². The van der Waals surface area contributed by atoms with Crippen molar-refractivity contribution in [1.82, 2.24) is 10.4 Å². The predicted octanol–water partition coefficient (Wildman–Crippen LogP) is 4.45. The van der Waals surface area contributed by atoms with Crippen molar-refractivity contribution in [3.63, 3.8) is 0 Å². The zero-order valence-electron chi connectivity index (χ0n) is 16.5. The van der Waals surface area contributed by atoms with Crippen LogP contribution >= 0.6 is 0 Å². The third kappa shape index (κ3) is 5.02. The maximum absolute atomic E-state index is 13.1. The van der Waals surface area contributed by atoms with Crippen molar-refractivity contribution in [2.75, 3.05) is 0 Å². The summed E-state index contributed by atoms with van der Waals surface area (Å²) in [7, 11) is 0. The standard InChI is InChI=1S/C22H28N2O2/c1-7-17-8-10-18(11-9-17)20(25)24(23-22(4,5)6)21(26)19-13-15(2)12-16(3)14-19/h8-14,23H,7H2,1-6H3. The van der Waals surface area contributed by atoms with E-state index in [0.29, 0.717) is 11.1 Å². The number of hydrazine groups is 1. The van der Waals surface area contributed by atoms with Crippen LogP contribution in [0.15, 0.2) is 42.5 Å². The highest BCUT2D eigenvalue weighted by atomic mass is 16.2. The average Bonchev–Trinajstić information content (AvgIpc) is 2.57. The van der Waals surface area contributed by atoms with Crippen molar-refractivity contribution in [3.05, 3.63) is 70.3 Å². The van der Waals surface area contributed by atoms with E-state index in [1.807, 2.05) is 52.8 Å². The first-order chi connectivity index (χ1) is 12.1. The van der Waals surface area contributed by atoms with Crippen LogP contribution in [0.5, 0.6) is 0 Å². The van der Waals surface area contributed by atoms with Crippen molar-refractivity contribution in [2.24, 2.45) is 0 Å². The number of amides is 2.